The number of hydrogen-bond acceptors (Lipinski definition) is 3. The normalized spacial score (nSPS) is 11.2. The van der Waals surface area contributed by atoms with Crippen LogP contribution in [0.15, 0.2) is 30.3 Å². The van der Waals surface area contributed by atoms with Gasteiger partial charge >= 0.3 is 0 Å². The van der Waals surface area contributed by atoms with Crippen LogP contribution >= 0.6 is 11.6 Å². The highest BCUT2D eigenvalue weighted by molar-refractivity contribution is 6.67. The first-order valence-corrected chi connectivity index (χ1v) is 4.51. The number of carbonyl (C=O) groups excluding carboxylic acids is 1. The molecule has 0 unspecified atom stereocenters. The molecule has 0 spiro atoms. The molecule has 1 aromatic carbocycles. The second kappa shape index (κ2) is 4.70. The lowest BCUT2D eigenvalue weighted by molar-refractivity contribution is -0.385. The topological polar surface area (TPSA) is 60.2 Å². The van der Waals surface area contributed by atoms with Gasteiger partial charge < -0.3 is 0 Å². The Bertz CT molecular complexity index is 440. The van der Waals surface area contributed by atoms with Crippen molar-refractivity contribution in [1.82, 2.24) is 0 Å². The molecule has 0 saturated heterocycles. The molecule has 78 valence electrons. The van der Waals surface area contributed by atoms with E-state index in [9.17, 15) is 14.9 Å². The molecular weight excluding hydrogens is 218 g/mol. The van der Waals surface area contributed by atoms with Crippen LogP contribution in [0.4, 0.5) is 5.69 Å². The van der Waals surface area contributed by atoms with E-state index in [1.165, 1.54) is 6.07 Å². The lowest BCUT2D eigenvalue weighted by atomic mass is 10.1. The van der Waals surface area contributed by atoms with Crippen LogP contribution in [-0.4, -0.2) is 10.2 Å². The van der Waals surface area contributed by atoms with Gasteiger partial charge in [0.05, 0.1) is 10.5 Å². The highest BCUT2D eigenvalue weighted by Gasteiger charge is 2.13. The fourth-order valence-electron chi connectivity index (χ4n) is 1.21. The van der Waals surface area contributed by atoms with Crippen LogP contribution in [0.1, 0.15) is 12.5 Å². The summed E-state index contributed by atoms with van der Waals surface area (Å²) in [4.78, 5) is 20.8. The van der Waals surface area contributed by atoms with Crippen molar-refractivity contribution in [1.29, 1.82) is 0 Å². The minimum atomic E-state index is -0.648. The van der Waals surface area contributed by atoms with Crippen LogP contribution in [0, 0.1) is 10.1 Å². The van der Waals surface area contributed by atoms with Crippen LogP contribution in [0.2, 0.25) is 0 Å². The van der Waals surface area contributed by atoms with E-state index in [2.05, 4.69) is 0 Å². The Kier molecular flexibility index (Phi) is 3.57. The number of carbonyl (C=O) groups is 1. The van der Waals surface area contributed by atoms with Gasteiger partial charge in [0.1, 0.15) is 0 Å². The predicted molar refractivity (Wildman–Crippen MR) is 57.6 cm³/mol. The molecule has 0 heterocycles. The van der Waals surface area contributed by atoms with Crippen LogP contribution in [0.3, 0.4) is 0 Å². The highest BCUT2D eigenvalue weighted by atomic mass is 35.5. The molecule has 0 fully saturated rings. The molecule has 0 bridgehead atoms. The molecular formula is C10H8ClNO3. The summed E-state index contributed by atoms with van der Waals surface area (Å²) in [5.74, 6) is 0. The Hall–Kier alpha value is -1.68. The number of benzene rings is 1. The van der Waals surface area contributed by atoms with Gasteiger partial charge in [0, 0.05) is 12.1 Å². The number of para-hydroxylation sites is 1. The standard InChI is InChI=1S/C10H8ClNO3/c1-7(6-10(11)13)8-4-2-3-5-9(8)12(14)15/h2-6H,1H3/b7-6-. The molecule has 0 amide bonds. The van der Waals surface area contributed by atoms with E-state index in [4.69, 9.17) is 11.6 Å². The summed E-state index contributed by atoms with van der Waals surface area (Å²) in [6.45, 7) is 1.60. The number of rotatable bonds is 3. The van der Waals surface area contributed by atoms with Gasteiger partial charge in [0.2, 0.25) is 5.24 Å². The summed E-state index contributed by atoms with van der Waals surface area (Å²) in [6, 6.07) is 6.19. The number of nitrogens with zero attached hydrogens (tertiary/aromatic N) is 1. The second-order valence-electron chi connectivity index (χ2n) is 2.91. The van der Waals surface area contributed by atoms with Gasteiger partial charge in [-0.3, -0.25) is 14.9 Å². The molecule has 0 N–H and O–H groups in total. The summed E-state index contributed by atoms with van der Waals surface area (Å²) in [5.41, 5.74) is 0.836. The molecule has 0 aliphatic rings. The molecule has 0 radical (unpaired) electrons. The van der Waals surface area contributed by atoms with Crippen molar-refractivity contribution in [2.24, 2.45) is 0 Å². The first-order chi connectivity index (χ1) is 7.02. The number of halogens is 1. The SMILES string of the molecule is C/C(=C/C(=O)Cl)c1ccccc1[N+](=O)[O-]. The molecule has 0 atom stereocenters. The van der Waals surface area contributed by atoms with Crippen molar-refractivity contribution in [3.8, 4) is 0 Å². The summed E-state index contributed by atoms with van der Waals surface area (Å²) >= 11 is 5.17. The fraction of sp³-hybridized carbons (Fsp3) is 0.100. The molecule has 4 nitrogen and oxygen atoms in total. The van der Waals surface area contributed by atoms with Crippen molar-refractivity contribution in [2.45, 2.75) is 6.92 Å². The Morgan fingerprint density at radius 3 is 2.60 bits per heavy atom. The van der Waals surface area contributed by atoms with Crippen LogP contribution in [-0.2, 0) is 4.79 Å². The number of hydrogen-bond donors (Lipinski definition) is 0. The van der Waals surface area contributed by atoms with E-state index in [-0.39, 0.29) is 5.69 Å². The van der Waals surface area contributed by atoms with Crippen molar-refractivity contribution >= 4 is 28.1 Å². The van der Waals surface area contributed by atoms with Gasteiger partial charge in [-0.25, -0.2) is 0 Å². The third kappa shape index (κ3) is 2.89. The summed E-state index contributed by atoms with van der Waals surface area (Å²) < 4.78 is 0. The lowest BCUT2D eigenvalue weighted by Crippen LogP contribution is -1.94. The number of allylic oxidation sites excluding steroid dienone is 2. The zero-order valence-corrected chi connectivity index (χ0v) is 8.69. The first kappa shape index (κ1) is 11.4. The van der Waals surface area contributed by atoms with Gasteiger partial charge in [0.15, 0.2) is 0 Å². The monoisotopic (exact) mass is 225 g/mol. The molecule has 0 aliphatic heterocycles. The predicted octanol–water partition coefficient (Wildman–Crippen LogP) is 2.76. The van der Waals surface area contributed by atoms with Crippen molar-refractivity contribution in [2.75, 3.05) is 0 Å². The molecule has 1 aromatic rings. The number of nitro benzene ring substituents is 1. The van der Waals surface area contributed by atoms with E-state index >= 15 is 0 Å². The van der Waals surface area contributed by atoms with Gasteiger partial charge in [-0.15, -0.1) is 0 Å². The zero-order valence-electron chi connectivity index (χ0n) is 7.94. The summed E-state index contributed by atoms with van der Waals surface area (Å²) in [5, 5.41) is 10.0. The highest BCUT2D eigenvalue weighted by Crippen LogP contribution is 2.25. The Morgan fingerprint density at radius 2 is 2.07 bits per heavy atom. The zero-order chi connectivity index (χ0) is 11.4. The number of nitro groups is 1. The van der Waals surface area contributed by atoms with E-state index in [1.54, 1.807) is 25.1 Å². The van der Waals surface area contributed by atoms with Crippen LogP contribution in [0.25, 0.3) is 5.57 Å². The van der Waals surface area contributed by atoms with E-state index in [0.717, 1.165) is 6.08 Å². The molecule has 0 aromatic heterocycles. The van der Waals surface area contributed by atoms with Crippen LogP contribution < -0.4 is 0 Å². The third-order valence-electron chi connectivity index (χ3n) is 1.86. The maximum atomic E-state index is 10.7. The minimum absolute atomic E-state index is 0.0378. The Morgan fingerprint density at radius 1 is 1.47 bits per heavy atom. The quantitative estimate of drug-likeness (QED) is 0.344. The van der Waals surface area contributed by atoms with Crippen molar-refractivity contribution < 1.29 is 9.72 Å². The maximum Gasteiger partial charge on any atom is 0.276 e. The van der Waals surface area contributed by atoms with Crippen molar-refractivity contribution in [3.63, 3.8) is 0 Å². The Balaban J connectivity index is 3.25. The fourth-order valence-corrected chi connectivity index (χ4v) is 1.38. The van der Waals surface area contributed by atoms with Gasteiger partial charge in [-0.05, 0) is 30.2 Å². The maximum absolute atomic E-state index is 10.7. The molecule has 15 heavy (non-hydrogen) atoms. The molecule has 0 aliphatic carbocycles. The Labute approximate surface area is 91.3 Å². The molecule has 0 saturated carbocycles. The third-order valence-corrected chi connectivity index (χ3v) is 1.96. The van der Waals surface area contributed by atoms with E-state index < -0.39 is 10.2 Å². The first-order valence-electron chi connectivity index (χ1n) is 4.14. The smallest absolute Gasteiger partial charge is 0.276 e. The minimum Gasteiger partial charge on any atom is -0.276 e. The largest absolute Gasteiger partial charge is 0.276 e. The molecule has 5 heteroatoms. The van der Waals surface area contributed by atoms with E-state index in [1.807, 2.05) is 0 Å². The summed E-state index contributed by atoms with van der Waals surface area (Å²) in [6.07, 6.45) is 1.16. The average Bonchev–Trinajstić information content (AvgIpc) is 2.16. The van der Waals surface area contributed by atoms with Gasteiger partial charge in [-0.1, -0.05) is 12.1 Å². The summed E-state index contributed by atoms with van der Waals surface area (Å²) in [7, 11) is 0. The average molecular weight is 226 g/mol. The lowest BCUT2D eigenvalue weighted by Gasteiger charge is -2.01. The van der Waals surface area contributed by atoms with Crippen molar-refractivity contribution in [3.05, 3.63) is 46.0 Å². The molecule has 1 rings (SSSR count). The van der Waals surface area contributed by atoms with Crippen LogP contribution in [0.5, 0.6) is 0 Å². The van der Waals surface area contributed by atoms with Gasteiger partial charge in [-0.2, -0.15) is 0 Å². The second-order valence-corrected chi connectivity index (χ2v) is 3.28. The van der Waals surface area contributed by atoms with E-state index in [0.29, 0.717) is 11.1 Å². The van der Waals surface area contributed by atoms with Gasteiger partial charge in [0.25, 0.3) is 5.69 Å².